The van der Waals surface area contributed by atoms with E-state index in [0.29, 0.717) is 0 Å². The molecule has 1 unspecified atom stereocenters. The Bertz CT molecular complexity index is 356. The van der Waals surface area contributed by atoms with E-state index in [9.17, 15) is 0 Å². The zero-order valence-electron chi connectivity index (χ0n) is 12.3. The second-order valence-electron chi connectivity index (χ2n) is 5.61. The second-order valence-corrected chi connectivity index (χ2v) is 5.61. The van der Waals surface area contributed by atoms with Gasteiger partial charge >= 0.3 is 0 Å². The zero-order chi connectivity index (χ0) is 13.5. The standard InChI is InChI=1S/C15H27N3O/c1-3-13(16-4-2)15-18-17-14(19-15)11-12-9-7-5-6-8-10-12/h12-13,16H,3-11H2,1-2H3. The van der Waals surface area contributed by atoms with Gasteiger partial charge in [0.15, 0.2) is 0 Å². The highest BCUT2D eigenvalue weighted by Crippen LogP contribution is 2.26. The van der Waals surface area contributed by atoms with Crippen LogP contribution in [0, 0.1) is 5.92 Å². The summed E-state index contributed by atoms with van der Waals surface area (Å²) in [6, 6.07) is 0.209. The molecule has 0 saturated heterocycles. The van der Waals surface area contributed by atoms with E-state index in [0.717, 1.165) is 37.1 Å². The molecule has 0 aliphatic heterocycles. The fourth-order valence-corrected chi connectivity index (χ4v) is 2.96. The number of aromatic nitrogens is 2. The van der Waals surface area contributed by atoms with Crippen molar-refractivity contribution in [1.82, 2.24) is 15.5 Å². The van der Waals surface area contributed by atoms with E-state index in [2.05, 4.69) is 29.4 Å². The Kier molecular flexibility index (Phi) is 5.83. The number of rotatable bonds is 6. The summed E-state index contributed by atoms with van der Waals surface area (Å²) >= 11 is 0. The van der Waals surface area contributed by atoms with Crippen LogP contribution in [0.3, 0.4) is 0 Å². The van der Waals surface area contributed by atoms with Crippen LogP contribution in [0.25, 0.3) is 0 Å². The van der Waals surface area contributed by atoms with Crippen molar-refractivity contribution in [2.75, 3.05) is 6.54 Å². The largest absolute Gasteiger partial charge is 0.424 e. The first-order valence-corrected chi connectivity index (χ1v) is 7.89. The molecule has 0 bridgehead atoms. The van der Waals surface area contributed by atoms with Gasteiger partial charge in [-0.1, -0.05) is 39.5 Å². The molecule has 4 heteroatoms. The van der Waals surface area contributed by atoms with E-state index < -0.39 is 0 Å². The third-order valence-electron chi connectivity index (χ3n) is 4.08. The van der Waals surface area contributed by atoms with Crippen molar-refractivity contribution in [2.24, 2.45) is 5.92 Å². The molecule has 1 aliphatic rings. The first-order valence-electron chi connectivity index (χ1n) is 7.89. The lowest BCUT2D eigenvalue weighted by molar-refractivity contribution is 0.349. The second kappa shape index (κ2) is 7.63. The minimum absolute atomic E-state index is 0.209. The Labute approximate surface area is 116 Å². The highest BCUT2D eigenvalue weighted by Gasteiger charge is 2.19. The lowest BCUT2D eigenvalue weighted by atomic mass is 9.97. The number of nitrogens with zero attached hydrogens (tertiary/aromatic N) is 2. The molecule has 19 heavy (non-hydrogen) atoms. The van der Waals surface area contributed by atoms with Gasteiger partial charge in [-0.15, -0.1) is 10.2 Å². The maximum atomic E-state index is 5.85. The highest BCUT2D eigenvalue weighted by atomic mass is 16.4. The van der Waals surface area contributed by atoms with E-state index in [4.69, 9.17) is 4.42 Å². The van der Waals surface area contributed by atoms with E-state index in [1.165, 1.54) is 38.5 Å². The third-order valence-corrected chi connectivity index (χ3v) is 4.08. The molecule has 1 aromatic heterocycles. The Morgan fingerprint density at radius 2 is 1.89 bits per heavy atom. The smallest absolute Gasteiger partial charge is 0.233 e. The molecule has 108 valence electrons. The fourth-order valence-electron chi connectivity index (χ4n) is 2.96. The van der Waals surface area contributed by atoms with Gasteiger partial charge in [0.25, 0.3) is 0 Å². The average Bonchev–Trinajstić information content (AvgIpc) is 2.72. The van der Waals surface area contributed by atoms with Crippen LogP contribution in [0.2, 0.25) is 0 Å². The van der Waals surface area contributed by atoms with Crippen LogP contribution in [0.5, 0.6) is 0 Å². The summed E-state index contributed by atoms with van der Waals surface area (Å²) in [5.74, 6) is 2.33. The maximum absolute atomic E-state index is 5.85. The van der Waals surface area contributed by atoms with Crippen LogP contribution in [-0.2, 0) is 6.42 Å². The van der Waals surface area contributed by atoms with Crippen LogP contribution < -0.4 is 5.32 Å². The maximum Gasteiger partial charge on any atom is 0.233 e. The molecule has 0 amide bonds. The van der Waals surface area contributed by atoms with Gasteiger partial charge in [-0.2, -0.15) is 0 Å². The van der Waals surface area contributed by atoms with Crippen LogP contribution in [0.4, 0.5) is 0 Å². The minimum Gasteiger partial charge on any atom is -0.424 e. The van der Waals surface area contributed by atoms with Gasteiger partial charge in [-0.3, -0.25) is 0 Å². The summed E-state index contributed by atoms with van der Waals surface area (Å²) in [7, 11) is 0. The molecule has 0 spiro atoms. The first kappa shape index (κ1) is 14.5. The van der Waals surface area contributed by atoms with Gasteiger partial charge in [0, 0.05) is 6.42 Å². The Hall–Kier alpha value is -0.900. The van der Waals surface area contributed by atoms with Crippen molar-refractivity contribution in [3.05, 3.63) is 11.8 Å². The van der Waals surface area contributed by atoms with E-state index in [1.807, 2.05) is 0 Å². The van der Waals surface area contributed by atoms with Crippen molar-refractivity contribution in [3.8, 4) is 0 Å². The molecule has 1 atom stereocenters. The molecule has 4 nitrogen and oxygen atoms in total. The van der Waals surface area contributed by atoms with Crippen molar-refractivity contribution < 1.29 is 4.42 Å². The van der Waals surface area contributed by atoms with Gasteiger partial charge in [0.2, 0.25) is 11.8 Å². The van der Waals surface area contributed by atoms with Crippen LogP contribution in [0.15, 0.2) is 4.42 Å². The Balaban J connectivity index is 1.92. The third kappa shape index (κ3) is 4.30. The molecular formula is C15H27N3O. The SMILES string of the molecule is CCNC(CC)c1nnc(CC2CCCCCC2)o1. The van der Waals surface area contributed by atoms with Crippen molar-refractivity contribution in [1.29, 1.82) is 0 Å². The minimum atomic E-state index is 0.209. The van der Waals surface area contributed by atoms with Crippen molar-refractivity contribution in [2.45, 2.75) is 71.3 Å². The molecule has 1 aliphatic carbocycles. The quantitative estimate of drug-likeness (QED) is 0.798. The molecule has 1 N–H and O–H groups in total. The predicted octanol–water partition coefficient (Wildman–Crippen LogP) is 3.64. The zero-order valence-corrected chi connectivity index (χ0v) is 12.3. The van der Waals surface area contributed by atoms with Gasteiger partial charge in [-0.25, -0.2) is 0 Å². The topological polar surface area (TPSA) is 51.0 Å². The lowest BCUT2D eigenvalue weighted by Gasteiger charge is -2.11. The molecule has 0 aromatic carbocycles. The average molecular weight is 265 g/mol. The monoisotopic (exact) mass is 265 g/mol. The molecule has 1 aromatic rings. The van der Waals surface area contributed by atoms with Gasteiger partial charge in [0.05, 0.1) is 6.04 Å². The van der Waals surface area contributed by atoms with Gasteiger partial charge in [-0.05, 0) is 31.7 Å². The Morgan fingerprint density at radius 1 is 1.16 bits per heavy atom. The lowest BCUT2D eigenvalue weighted by Crippen LogP contribution is -2.20. The normalized spacial score (nSPS) is 19.3. The summed E-state index contributed by atoms with van der Waals surface area (Å²) < 4.78 is 5.85. The van der Waals surface area contributed by atoms with Gasteiger partial charge in [0.1, 0.15) is 0 Å². The number of nitrogens with one attached hydrogen (secondary N) is 1. The Morgan fingerprint density at radius 3 is 2.53 bits per heavy atom. The summed E-state index contributed by atoms with van der Waals surface area (Å²) in [5.41, 5.74) is 0. The molecule has 1 fully saturated rings. The van der Waals surface area contributed by atoms with Crippen LogP contribution in [0.1, 0.15) is 76.6 Å². The van der Waals surface area contributed by atoms with E-state index in [1.54, 1.807) is 0 Å². The highest BCUT2D eigenvalue weighted by molar-refractivity contribution is 4.91. The van der Waals surface area contributed by atoms with Crippen LogP contribution in [-0.4, -0.2) is 16.7 Å². The molecular weight excluding hydrogens is 238 g/mol. The molecule has 1 heterocycles. The number of hydrogen-bond donors (Lipinski definition) is 1. The van der Waals surface area contributed by atoms with E-state index >= 15 is 0 Å². The summed E-state index contributed by atoms with van der Waals surface area (Å²) in [6.07, 6.45) is 10.1. The molecule has 1 saturated carbocycles. The predicted molar refractivity (Wildman–Crippen MR) is 75.9 cm³/mol. The van der Waals surface area contributed by atoms with E-state index in [-0.39, 0.29) is 6.04 Å². The number of hydrogen-bond acceptors (Lipinski definition) is 4. The molecule has 2 rings (SSSR count). The summed E-state index contributed by atoms with van der Waals surface area (Å²) in [4.78, 5) is 0. The fraction of sp³-hybridized carbons (Fsp3) is 0.867. The van der Waals surface area contributed by atoms with Crippen molar-refractivity contribution in [3.63, 3.8) is 0 Å². The van der Waals surface area contributed by atoms with Gasteiger partial charge < -0.3 is 9.73 Å². The summed E-state index contributed by atoms with van der Waals surface area (Å²) in [6.45, 7) is 5.17. The summed E-state index contributed by atoms with van der Waals surface area (Å²) in [5, 5.41) is 11.8. The first-order chi connectivity index (χ1) is 9.33. The van der Waals surface area contributed by atoms with Crippen molar-refractivity contribution >= 4 is 0 Å². The molecule has 0 radical (unpaired) electrons. The van der Waals surface area contributed by atoms with Crippen LogP contribution >= 0.6 is 0 Å².